The summed E-state index contributed by atoms with van der Waals surface area (Å²) >= 11 is 0. The van der Waals surface area contributed by atoms with Crippen LogP contribution in [0.15, 0.2) is 67.0 Å². The fraction of sp³-hybridized carbons (Fsp3) is 0.185. The zero-order valence-corrected chi connectivity index (χ0v) is 20.3. The standard InChI is InChI=1S/C27H26N8O2/c1-33(19-4-3-11-30-16-19)35(27(28)37)21-6-2-5-20-22(21)26(36)23-24(31-32-25(20)23)17-7-9-18(10-8-17)34-14-12-29-13-15-34/h2-11,16,29H,12-15H2,1H3,(H2,28,37)(H,31,32). The Kier molecular flexibility index (Phi) is 5.57. The maximum atomic E-state index is 13.9. The Morgan fingerprint density at radius 2 is 1.81 bits per heavy atom. The number of ketones is 1. The number of hydrazine groups is 1. The second-order valence-electron chi connectivity index (χ2n) is 9.02. The molecule has 0 radical (unpaired) electrons. The molecule has 4 aromatic rings. The zero-order valence-electron chi connectivity index (χ0n) is 20.3. The minimum Gasteiger partial charge on any atom is -0.369 e. The van der Waals surface area contributed by atoms with Gasteiger partial charge in [-0.1, -0.05) is 24.3 Å². The maximum absolute atomic E-state index is 13.9. The van der Waals surface area contributed by atoms with Crippen LogP contribution in [0.25, 0.3) is 22.5 Å². The van der Waals surface area contributed by atoms with Gasteiger partial charge in [0.1, 0.15) is 5.69 Å². The second kappa shape index (κ2) is 9.07. The van der Waals surface area contributed by atoms with Crippen molar-refractivity contribution < 1.29 is 9.59 Å². The maximum Gasteiger partial charge on any atom is 0.338 e. The van der Waals surface area contributed by atoms with Gasteiger partial charge in [-0.2, -0.15) is 5.10 Å². The van der Waals surface area contributed by atoms with Crippen molar-refractivity contribution in [1.82, 2.24) is 20.5 Å². The summed E-state index contributed by atoms with van der Waals surface area (Å²) in [6.45, 7) is 3.84. The molecule has 37 heavy (non-hydrogen) atoms. The number of hydrogen-bond acceptors (Lipinski definition) is 7. The number of carbonyl (C=O) groups is 2. The summed E-state index contributed by atoms with van der Waals surface area (Å²) < 4.78 is 0. The van der Waals surface area contributed by atoms with Crippen LogP contribution < -0.4 is 26.0 Å². The van der Waals surface area contributed by atoms with Crippen molar-refractivity contribution in [3.8, 4) is 22.5 Å². The normalized spacial score (nSPS) is 14.3. The van der Waals surface area contributed by atoms with Crippen LogP contribution in [0.5, 0.6) is 0 Å². The van der Waals surface area contributed by atoms with Gasteiger partial charge in [0.05, 0.1) is 34.4 Å². The summed E-state index contributed by atoms with van der Waals surface area (Å²) in [6.07, 6.45) is 3.26. The van der Waals surface area contributed by atoms with Crippen molar-refractivity contribution in [2.45, 2.75) is 0 Å². The zero-order chi connectivity index (χ0) is 25.5. The SMILES string of the molecule is CN(c1cccnc1)N(C(N)=O)c1cccc2c1C(=O)c1c-2n[nH]c1-c1ccc(N2CCNCC2)cc1. The van der Waals surface area contributed by atoms with Crippen LogP contribution in [-0.4, -0.2) is 60.2 Å². The van der Waals surface area contributed by atoms with Gasteiger partial charge in [-0.25, -0.2) is 9.80 Å². The van der Waals surface area contributed by atoms with E-state index in [0.29, 0.717) is 39.5 Å². The highest BCUT2D eigenvalue weighted by Crippen LogP contribution is 2.44. The summed E-state index contributed by atoms with van der Waals surface area (Å²) in [4.78, 5) is 33.0. The highest BCUT2D eigenvalue weighted by molar-refractivity contribution is 6.27. The Balaban J connectivity index is 1.37. The Labute approximate surface area is 213 Å². The number of carbonyl (C=O) groups excluding carboxylic acids is 2. The number of rotatable bonds is 5. The predicted molar refractivity (Wildman–Crippen MR) is 143 cm³/mol. The number of piperazine rings is 1. The molecular formula is C27H26N8O2. The monoisotopic (exact) mass is 494 g/mol. The summed E-state index contributed by atoms with van der Waals surface area (Å²) in [7, 11) is 1.70. The number of pyridine rings is 1. The predicted octanol–water partition coefficient (Wildman–Crippen LogP) is 3.03. The number of aromatic amines is 1. The molecule has 2 aromatic carbocycles. The Morgan fingerprint density at radius 1 is 1.03 bits per heavy atom. The molecule has 10 nitrogen and oxygen atoms in total. The number of nitrogens with zero attached hydrogens (tertiary/aromatic N) is 5. The number of amides is 2. The van der Waals surface area contributed by atoms with Gasteiger partial charge in [-0.3, -0.25) is 19.9 Å². The van der Waals surface area contributed by atoms with Gasteiger partial charge in [-0.15, -0.1) is 0 Å². The molecule has 0 unspecified atom stereocenters. The fourth-order valence-corrected chi connectivity index (χ4v) is 5.10. The number of urea groups is 1. The van der Waals surface area contributed by atoms with Crippen LogP contribution in [0.2, 0.25) is 0 Å². The van der Waals surface area contributed by atoms with E-state index in [-0.39, 0.29) is 5.78 Å². The van der Waals surface area contributed by atoms with Gasteiger partial charge in [-0.05, 0) is 30.3 Å². The van der Waals surface area contributed by atoms with Crippen LogP contribution in [0, 0.1) is 0 Å². The van der Waals surface area contributed by atoms with E-state index in [1.165, 1.54) is 5.01 Å². The van der Waals surface area contributed by atoms with E-state index in [4.69, 9.17) is 5.73 Å². The van der Waals surface area contributed by atoms with Crippen LogP contribution in [-0.2, 0) is 0 Å². The Morgan fingerprint density at radius 3 is 2.51 bits per heavy atom. The average Bonchev–Trinajstić information content (AvgIpc) is 3.50. The molecule has 1 aliphatic carbocycles. The molecule has 1 aliphatic heterocycles. The van der Waals surface area contributed by atoms with Gasteiger partial charge in [0.2, 0.25) is 0 Å². The van der Waals surface area contributed by atoms with Gasteiger partial charge < -0.3 is 16.0 Å². The van der Waals surface area contributed by atoms with E-state index in [2.05, 4.69) is 37.5 Å². The minimum atomic E-state index is -0.720. The van der Waals surface area contributed by atoms with E-state index in [1.54, 1.807) is 48.7 Å². The lowest BCUT2D eigenvalue weighted by atomic mass is 10.0. The molecule has 2 aliphatic rings. The number of hydrogen-bond donors (Lipinski definition) is 3. The van der Waals surface area contributed by atoms with Crippen molar-refractivity contribution in [2.24, 2.45) is 5.73 Å². The van der Waals surface area contributed by atoms with Crippen molar-refractivity contribution in [1.29, 1.82) is 0 Å². The fourth-order valence-electron chi connectivity index (χ4n) is 5.10. The van der Waals surface area contributed by atoms with Crippen molar-refractivity contribution in [3.05, 3.63) is 78.1 Å². The highest BCUT2D eigenvalue weighted by atomic mass is 16.2. The smallest absolute Gasteiger partial charge is 0.338 e. The largest absolute Gasteiger partial charge is 0.369 e. The molecule has 10 heteroatoms. The summed E-state index contributed by atoms with van der Waals surface area (Å²) in [5.74, 6) is -0.207. The van der Waals surface area contributed by atoms with Crippen LogP contribution in [0.4, 0.5) is 21.9 Å². The lowest BCUT2D eigenvalue weighted by Crippen LogP contribution is -2.48. The minimum absolute atomic E-state index is 0.207. The van der Waals surface area contributed by atoms with Gasteiger partial charge in [0.25, 0.3) is 0 Å². The molecule has 0 saturated carbocycles. The first kappa shape index (κ1) is 22.7. The number of aromatic nitrogens is 3. The summed E-state index contributed by atoms with van der Waals surface area (Å²) in [6, 6.07) is 16.4. The first-order chi connectivity index (χ1) is 18.0. The highest BCUT2D eigenvalue weighted by Gasteiger charge is 2.37. The van der Waals surface area contributed by atoms with E-state index in [1.807, 2.05) is 18.2 Å². The summed E-state index contributed by atoms with van der Waals surface area (Å²) in [5.41, 5.74) is 11.6. The van der Waals surface area contributed by atoms with E-state index < -0.39 is 6.03 Å². The van der Waals surface area contributed by atoms with Crippen molar-refractivity contribution in [2.75, 3.05) is 48.1 Å². The number of nitrogens with one attached hydrogen (secondary N) is 2. The van der Waals surface area contributed by atoms with Crippen LogP contribution in [0.1, 0.15) is 15.9 Å². The van der Waals surface area contributed by atoms with Crippen LogP contribution in [0.3, 0.4) is 0 Å². The topological polar surface area (TPSA) is 123 Å². The van der Waals surface area contributed by atoms with E-state index >= 15 is 0 Å². The second-order valence-corrected chi connectivity index (χ2v) is 9.02. The molecule has 186 valence electrons. The molecule has 0 atom stereocenters. The molecule has 2 amide bonds. The first-order valence-electron chi connectivity index (χ1n) is 12.1. The third kappa shape index (κ3) is 3.78. The van der Waals surface area contributed by atoms with Gasteiger partial charge >= 0.3 is 6.03 Å². The Hall–Kier alpha value is -4.70. The third-order valence-electron chi connectivity index (χ3n) is 6.91. The number of fused-ring (bicyclic) bond motifs is 3. The molecule has 6 rings (SSSR count). The number of anilines is 3. The molecular weight excluding hydrogens is 468 g/mol. The molecule has 1 fully saturated rings. The van der Waals surface area contributed by atoms with Crippen molar-refractivity contribution >= 4 is 28.9 Å². The van der Waals surface area contributed by atoms with E-state index in [9.17, 15) is 9.59 Å². The third-order valence-corrected chi connectivity index (χ3v) is 6.91. The lowest BCUT2D eigenvalue weighted by Gasteiger charge is -2.32. The molecule has 1 saturated heterocycles. The van der Waals surface area contributed by atoms with E-state index in [0.717, 1.165) is 37.4 Å². The lowest BCUT2D eigenvalue weighted by molar-refractivity contribution is 0.104. The summed E-state index contributed by atoms with van der Waals surface area (Å²) in [5, 5.41) is 13.8. The van der Waals surface area contributed by atoms with Gasteiger partial charge in [0, 0.05) is 56.2 Å². The molecule has 3 heterocycles. The average molecular weight is 495 g/mol. The molecule has 2 aromatic heterocycles. The number of H-pyrrole nitrogens is 1. The molecule has 0 bridgehead atoms. The Bertz CT molecular complexity index is 1480. The first-order valence-corrected chi connectivity index (χ1v) is 12.1. The van der Waals surface area contributed by atoms with Crippen LogP contribution >= 0.6 is 0 Å². The van der Waals surface area contributed by atoms with Gasteiger partial charge in [0.15, 0.2) is 5.78 Å². The van der Waals surface area contributed by atoms with Crippen molar-refractivity contribution in [3.63, 3.8) is 0 Å². The molecule has 4 N–H and O–H groups in total. The number of nitrogens with two attached hydrogens (primary N) is 1. The number of primary amides is 1. The quantitative estimate of drug-likeness (QED) is 0.321. The number of benzene rings is 2. The molecule has 0 spiro atoms.